The molecular formula is C19H28ClN7O. The first-order valence-corrected chi connectivity index (χ1v) is 9.84. The zero-order valence-corrected chi connectivity index (χ0v) is 17.1. The zero-order chi connectivity index (χ0) is 18.6. The standard InChI is InChI=1S/C19H27N7O.ClH/c1-14-17(13-22-19(23-14)25-7-3-2-4-8-25)18(27)21-11-15-10-16-12-20-6-5-9-26(16)24-15;/h10,13,20H,2-9,11-12H2,1H3,(H,21,27);1H. The van der Waals surface area contributed by atoms with Crippen LogP contribution in [-0.2, 0) is 19.6 Å². The van der Waals surface area contributed by atoms with Crippen LogP contribution in [0.3, 0.4) is 0 Å². The molecule has 9 heteroatoms. The monoisotopic (exact) mass is 405 g/mol. The number of rotatable bonds is 4. The fraction of sp³-hybridized carbons (Fsp3) is 0.579. The van der Waals surface area contributed by atoms with Gasteiger partial charge in [0.2, 0.25) is 5.95 Å². The summed E-state index contributed by atoms with van der Waals surface area (Å²) in [5.74, 6) is 0.577. The number of fused-ring (bicyclic) bond motifs is 1. The molecule has 4 rings (SSSR count). The third-order valence-electron chi connectivity index (χ3n) is 5.22. The lowest BCUT2D eigenvalue weighted by atomic mass is 10.1. The first-order valence-electron chi connectivity index (χ1n) is 9.84. The van der Waals surface area contributed by atoms with Gasteiger partial charge in [0.25, 0.3) is 5.91 Å². The van der Waals surface area contributed by atoms with Crippen molar-refractivity contribution >= 4 is 24.3 Å². The van der Waals surface area contributed by atoms with Crippen LogP contribution >= 0.6 is 12.4 Å². The number of nitrogens with zero attached hydrogens (tertiary/aromatic N) is 5. The highest BCUT2D eigenvalue weighted by Crippen LogP contribution is 2.17. The number of carbonyl (C=O) groups excluding carboxylic acids is 1. The molecule has 2 aliphatic heterocycles. The first-order chi connectivity index (χ1) is 13.2. The summed E-state index contributed by atoms with van der Waals surface area (Å²) in [5.41, 5.74) is 3.29. The number of amides is 1. The molecule has 0 aromatic carbocycles. The molecule has 0 unspecified atom stereocenters. The number of anilines is 1. The Bertz CT molecular complexity index is 793. The number of nitrogens with one attached hydrogen (secondary N) is 2. The van der Waals surface area contributed by atoms with E-state index in [1.165, 1.54) is 25.0 Å². The van der Waals surface area contributed by atoms with Crippen LogP contribution < -0.4 is 15.5 Å². The van der Waals surface area contributed by atoms with Crippen molar-refractivity contribution in [2.75, 3.05) is 24.5 Å². The molecule has 2 aromatic rings. The number of hydrogen-bond donors (Lipinski definition) is 2. The Kier molecular flexibility index (Phi) is 6.85. The summed E-state index contributed by atoms with van der Waals surface area (Å²) >= 11 is 0. The fourth-order valence-electron chi connectivity index (χ4n) is 3.70. The smallest absolute Gasteiger partial charge is 0.255 e. The molecule has 4 heterocycles. The van der Waals surface area contributed by atoms with Gasteiger partial charge in [-0.05, 0) is 45.2 Å². The van der Waals surface area contributed by atoms with Gasteiger partial charge in [0.15, 0.2) is 0 Å². The van der Waals surface area contributed by atoms with Crippen molar-refractivity contribution in [3.05, 3.63) is 34.9 Å². The van der Waals surface area contributed by atoms with Crippen LogP contribution in [0.15, 0.2) is 12.3 Å². The van der Waals surface area contributed by atoms with E-state index in [0.717, 1.165) is 50.8 Å². The molecule has 152 valence electrons. The molecule has 1 amide bonds. The normalized spacial score (nSPS) is 16.7. The van der Waals surface area contributed by atoms with Crippen LogP contribution in [0.1, 0.15) is 53.1 Å². The van der Waals surface area contributed by atoms with Gasteiger partial charge < -0.3 is 15.5 Å². The number of carbonyl (C=O) groups is 1. The molecular weight excluding hydrogens is 378 g/mol. The molecule has 0 saturated carbocycles. The molecule has 28 heavy (non-hydrogen) atoms. The van der Waals surface area contributed by atoms with Gasteiger partial charge in [-0.25, -0.2) is 9.97 Å². The highest BCUT2D eigenvalue weighted by molar-refractivity contribution is 5.94. The quantitative estimate of drug-likeness (QED) is 0.806. The lowest BCUT2D eigenvalue weighted by Crippen LogP contribution is -2.32. The van der Waals surface area contributed by atoms with Crippen molar-refractivity contribution in [2.45, 2.75) is 52.2 Å². The van der Waals surface area contributed by atoms with Gasteiger partial charge in [-0.1, -0.05) is 0 Å². The molecule has 0 radical (unpaired) electrons. The maximum atomic E-state index is 12.6. The minimum absolute atomic E-state index is 0. The molecule has 0 atom stereocenters. The maximum absolute atomic E-state index is 12.6. The highest BCUT2D eigenvalue weighted by Gasteiger charge is 2.17. The lowest BCUT2D eigenvalue weighted by molar-refractivity contribution is 0.0949. The van der Waals surface area contributed by atoms with Crippen molar-refractivity contribution in [2.24, 2.45) is 0 Å². The SMILES string of the molecule is Cc1nc(N2CCCCC2)ncc1C(=O)NCc1cc2n(n1)CCCNC2.Cl. The summed E-state index contributed by atoms with van der Waals surface area (Å²) < 4.78 is 2.03. The molecule has 8 nitrogen and oxygen atoms in total. The Balaban J connectivity index is 0.00000225. The van der Waals surface area contributed by atoms with E-state index in [2.05, 4.69) is 36.7 Å². The van der Waals surface area contributed by atoms with Crippen molar-refractivity contribution in [3.63, 3.8) is 0 Å². The van der Waals surface area contributed by atoms with Gasteiger partial charge in [-0.2, -0.15) is 5.10 Å². The second kappa shape index (κ2) is 9.34. The summed E-state index contributed by atoms with van der Waals surface area (Å²) in [6.45, 7) is 7.02. The summed E-state index contributed by atoms with van der Waals surface area (Å²) in [4.78, 5) is 23.8. The molecule has 1 fully saturated rings. The minimum Gasteiger partial charge on any atom is -0.346 e. The Morgan fingerprint density at radius 1 is 1.21 bits per heavy atom. The first kappa shape index (κ1) is 20.5. The maximum Gasteiger partial charge on any atom is 0.255 e. The van der Waals surface area contributed by atoms with Crippen LogP contribution in [0.25, 0.3) is 0 Å². The number of halogens is 1. The molecule has 0 bridgehead atoms. The average molecular weight is 406 g/mol. The predicted molar refractivity (Wildman–Crippen MR) is 110 cm³/mol. The second-order valence-corrected chi connectivity index (χ2v) is 7.28. The fourth-order valence-corrected chi connectivity index (χ4v) is 3.70. The number of hydrogen-bond acceptors (Lipinski definition) is 6. The van der Waals surface area contributed by atoms with Gasteiger partial charge in [0, 0.05) is 32.4 Å². The zero-order valence-electron chi connectivity index (χ0n) is 16.3. The number of aryl methyl sites for hydroxylation is 2. The predicted octanol–water partition coefficient (Wildman–Crippen LogP) is 1.82. The van der Waals surface area contributed by atoms with E-state index >= 15 is 0 Å². The summed E-state index contributed by atoms with van der Waals surface area (Å²) in [6, 6.07) is 2.06. The van der Waals surface area contributed by atoms with E-state index in [1.807, 2.05) is 11.6 Å². The second-order valence-electron chi connectivity index (χ2n) is 7.28. The van der Waals surface area contributed by atoms with Gasteiger partial charge in [0.1, 0.15) is 0 Å². The van der Waals surface area contributed by atoms with Crippen LogP contribution in [0.5, 0.6) is 0 Å². The minimum atomic E-state index is -0.154. The molecule has 2 N–H and O–H groups in total. The third kappa shape index (κ3) is 4.62. The van der Waals surface area contributed by atoms with Gasteiger partial charge in [-0.3, -0.25) is 9.48 Å². The molecule has 0 aliphatic carbocycles. The van der Waals surface area contributed by atoms with Crippen molar-refractivity contribution in [3.8, 4) is 0 Å². The molecule has 0 spiro atoms. The summed E-state index contributed by atoms with van der Waals surface area (Å²) in [5, 5.41) is 10.9. The molecule has 2 aliphatic rings. The van der Waals surface area contributed by atoms with Gasteiger partial charge in [0.05, 0.1) is 29.2 Å². The van der Waals surface area contributed by atoms with E-state index < -0.39 is 0 Å². The third-order valence-corrected chi connectivity index (χ3v) is 5.22. The highest BCUT2D eigenvalue weighted by atomic mass is 35.5. The molecule has 2 aromatic heterocycles. The van der Waals surface area contributed by atoms with Crippen molar-refractivity contribution in [1.29, 1.82) is 0 Å². The van der Waals surface area contributed by atoms with Crippen LogP contribution in [0.2, 0.25) is 0 Å². The lowest BCUT2D eigenvalue weighted by Gasteiger charge is -2.26. The van der Waals surface area contributed by atoms with E-state index in [0.29, 0.717) is 17.8 Å². The van der Waals surface area contributed by atoms with Crippen LogP contribution in [0.4, 0.5) is 5.95 Å². The summed E-state index contributed by atoms with van der Waals surface area (Å²) in [7, 11) is 0. The Hall–Kier alpha value is -2.19. The van der Waals surface area contributed by atoms with Crippen molar-refractivity contribution in [1.82, 2.24) is 30.4 Å². The van der Waals surface area contributed by atoms with Gasteiger partial charge in [-0.15, -0.1) is 12.4 Å². The van der Waals surface area contributed by atoms with E-state index in [4.69, 9.17) is 0 Å². The summed E-state index contributed by atoms with van der Waals surface area (Å²) in [6.07, 6.45) is 6.33. The van der Waals surface area contributed by atoms with Crippen LogP contribution in [-0.4, -0.2) is 45.3 Å². The Morgan fingerprint density at radius 3 is 2.82 bits per heavy atom. The van der Waals surface area contributed by atoms with Gasteiger partial charge >= 0.3 is 0 Å². The van der Waals surface area contributed by atoms with E-state index in [9.17, 15) is 4.79 Å². The van der Waals surface area contributed by atoms with E-state index in [1.54, 1.807) is 6.20 Å². The van der Waals surface area contributed by atoms with Crippen molar-refractivity contribution < 1.29 is 4.79 Å². The topological polar surface area (TPSA) is 88.0 Å². The van der Waals surface area contributed by atoms with Crippen LogP contribution in [0, 0.1) is 6.92 Å². The van der Waals surface area contributed by atoms with E-state index in [-0.39, 0.29) is 18.3 Å². The number of piperidine rings is 1. The number of aromatic nitrogens is 4. The largest absolute Gasteiger partial charge is 0.346 e. The Labute approximate surface area is 171 Å². The Morgan fingerprint density at radius 2 is 2.04 bits per heavy atom. The average Bonchev–Trinajstić information content (AvgIpc) is 2.95. The molecule has 1 saturated heterocycles.